The molecule has 2 fully saturated rings. The first kappa shape index (κ1) is 22.3. The first-order valence-corrected chi connectivity index (χ1v) is 10.1. The zero-order valence-electron chi connectivity index (χ0n) is 16.6. The lowest BCUT2D eigenvalue weighted by atomic mass is 9.77. The third kappa shape index (κ3) is 6.87. The van der Waals surface area contributed by atoms with Crippen molar-refractivity contribution >= 4 is 17.6 Å². The second kappa shape index (κ2) is 11.8. The summed E-state index contributed by atoms with van der Waals surface area (Å²) in [6, 6.07) is 0. The molecule has 2 amide bonds. The number of aliphatic hydroxyl groups is 1. The highest BCUT2D eigenvalue weighted by Crippen LogP contribution is 2.44. The molecule has 0 aliphatic carbocycles. The third-order valence-corrected chi connectivity index (χ3v) is 5.44. The molecule has 0 radical (unpaired) electrons. The fourth-order valence-electron chi connectivity index (χ4n) is 4.02. The molecule has 2 bridgehead atoms. The average molecular weight is 392 g/mol. The van der Waals surface area contributed by atoms with Crippen molar-refractivity contribution in [1.82, 2.24) is 10.6 Å². The summed E-state index contributed by atoms with van der Waals surface area (Å²) in [4.78, 5) is 34.4. The van der Waals surface area contributed by atoms with Crippen LogP contribution in [0.3, 0.4) is 0 Å². The van der Waals surface area contributed by atoms with Crippen molar-refractivity contribution < 1.29 is 24.2 Å². The van der Waals surface area contributed by atoms with E-state index < -0.39 is 0 Å². The van der Waals surface area contributed by atoms with Gasteiger partial charge in [0, 0.05) is 18.9 Å². The van der Waals surface area contributed by atoms with E-state index >= 15 is 0 Å². The molecule has 2 aliphatic heterocycles. The largest absolute Gasteiger partial charge is 0.389 e. The zero-order valence-corrected chi connectivity index (χ0v) is 16.6. The molecular weight excluding hydrogens is 360 g/mol. The maximum absolute atomic E-state index is 12.0. The molecule has 0 saturated carbocycles. The first-order chi connectivity index (χ1) is 13.5. The summed E-state index contributed by atoms with van der Waals surface area (Å²) in [6.07, 6.45) is 12.7. The zero-order chi connectivity index (χ0) is 20.4. The van der Waals surface area contributed by atoms with E-state index in [2.05, 4.69) is 22.8 Å². The van der Waals surface area contributed by atoms with E-state index in [-0.39, 0.29) is 48.9 Å². The monoisotopic (exact) mass is 392 g/mol. The normalized spacial score (nSPS) is 26.2. The lowest BCUT2D eigenvalue weighted by molar-refractivity contribution is -0.124. The van der Waals surface area contributed by atoms with Gasteiger partial charge in [-0.25, -0.2) is 0 Å². The van der Waals surface area contributed by atoms with E-state index in [9.17, 15) is 14.4 Å². The summed E-state index contributed by atoms with van der Waals surface area (Å²) in [7, 11) is 0. The predicted octanol–water partition coefficient (Wildman–Crippen LogP) is 1.27. The standard InChI is InChI=1S/C21H32N2O5/c1-2-7-20(26)23-13-21(27)22-12-17-16(18-10-11-19(17)28-18)9-6-4-3-5-8-15(25)14-24/h2,4,6-7,16-19,24H,3,5,8-14H2,1H3,(H,22,27)(H,23,26)/t16-,17+,18-,19+/m1/s1. The predicted molar refractivity (Wildman–Crippen MR) is 105 cm³/mol. The van der Waals surface area contributed by atoms with Crippen molar-refractivity contribution in [2.45, 2.75) is 57.7 Å². The van der Waals surface area contributed by atoms with Gasteiger partial charge in [-0.15, -0.1) is 0 Å². The van der Waals surface area contributed by atoms with Gasteiger partial charge in [0.05, 0.1) is 18.8 Å². The number of fused-ring (bicyclic) bond motifs is 2. The SMILES string of the molecule is CC=CC(=O)NCC(=O)NC[C@H]1[C@@H](CC=CCCCC(=O)CO)[C@H]2CC[C@@H]1O2. The number of carbonyl (C=O) groups is 3. The minimum absolute atomic E-state index is 0.0258. The molecule has 2 rings (SSSR count). The van der Waals surface area contributed by atoms with Crippen molar-refractivity contribution in [3.05, 3.63) is 24.3 Å². The fourth-order valence-corrected chi connectivity index (χ4v) is 4.02. The van der Waals surface area contributed by atoms with Crippen molar-refractivity contribution in [3.8, 4) is 0 Å². The summed E-state index contributed by atoms with van der Waals surface area (Å²) < 4.78 is 6.05. The second-order valence-electron chi connectivity index (χ2n) is 7.44. The van der Waals surface area contributed by atoms with Crippen LogP contribution in [0.25, 0.3) is 0 Å². The molecule has 2 saturated heterocycles. The van der Waals surface area contributed by atoms with Crippen LogP contribution in [0, 0.1) is 11.8 Å². The summed E-state index contributed by atoms with van der Waals surface area (Å²) in [5.74, 6) is 0.0854. The smallest absolute Gasteiger partial charge is 0.244 e. The maximum atomic E-state index is 12.0. The van der Waals surface area contributed by atoms with Gasteiger partial charge in [-0.2, -0.15) is 0 Å². The summed E-state index contributed by atoms with van der Waals surface area (Å²) >= 11 is 0. The Hall–Kier alpha value is -1.99. The quantitative estimate of drug-likeness (QED) is 0.264. The molecule has 4 atom stereocenters. The lowest BCUT2D eigenvalue weighted by Gasteiger charge is -2.27. The fraction of sp³-hybridized carbons (Fsp3) is 0.667. The van der Waals surface area contributed by atoms with Gasteiger partial charge in [-0.3, -0.25) is 14.4 Å². The molecule has 7 heteroatoms. The molecule has 2 aliphatic rings. The van der Waals surface area contributed by atoms with Gasteiger partial charge < -0.3 is 20.5 Å². The van der Waals surface area contributed by atoms with Crippen LogP contribution in [0.2, 0.25) is 0 Å². The van der Waals surface area contributed by atoms with Gasteiger partial charge in [0.2, 0.25) is 11.8 Å². The van der Waals surface area contributed by atoms with Crippen LogP contribution in [0.15, 0.2) is 24.3 Å². The second-order valence-corrected chi connectivity index (χ2v) is 7.44. The van der Waals surface area contributed by atoms with Gasteiger partial charge in [-0.05, 0) is 51.0 Å². The molecule has 0 spiro atoms. The van der Waals surface area contributed by atoms with Crippen LogP contribution in [0.1, 0.15) is 45.4 Å². The van der Waals surface area contributed by atoms with Crippen molar-refractivity contribution in [2.75, 3.05) is 19.7 Å². The Morgan fingerprint density at radius 3 is 2.57 bits per heavy atom. The van der Waals surface area contributed by atoms with E-state index in [1.165, 1.54) is 6.08 Å². The molecule has 0 unspecified atom stereocenters. The van der Waals surface area contributed by atoms with Crippen LogP contribution < -0.4 is 10.6 Å². The topological polar surface area (TPSA) is 105 Å². The number of Topliss-reactive ketones (excluding diaryl/α,β-unsaturated/α-hetero) is 1. The minimum Gasteiger partial charge on any atom is -0.389 e. The molecule has 156 valence electrons. The Labute approximate surface area is 166 Å². The number of allylic oxidation sites excluding steroid dienone is 3. The Morgan fingerprint density at radius 2 is 1.86 bits per heavy atom. The van der Waals surface area contributed by atoms with Crippen LogP contribution >= 0.6 is 0 Å². The van der Waals surface area contributed by atoms with Gasteiger partial charge in [0.1, 0.15) is 6.61 Å². The highest BCUT2D eigenvalue weighted by molar-refractivity contribution is 5.91. The number of hydrogen-bond donors (Lipinski definition) is 3. The lowest BCUT2D eigenvalue weighted by Crippen LogP contribution is -2.42. The average Bonchev–Trinajstić information content (AvgIpc) is 3.29. The summed E-state index contributed by atoms with van der Waals surface area (Å²) in [5.41, 5.74) is 0. The van der Waals surface area contributed by atoms with Crippen LogP contribution in [0.5, 0.6) is 0 Å². The van der Waals surface area contributed by atoms with Crippen LogP contribution in [-0.4, -0.2) is 54.6 Å². The molecular formula is C21H32N2O5. The van der Waals surface area contributed by atoms with Crippen LogP contribution in [0.4, 0.5) is 0 Å². The van der Waals surface area contributed by atoms with Crippen molar-refractivity contribution in [3.63, 3.8) is 0 Å². The Bertz CT molecular complexity index is 602. The first-order valence-electron chi connectivity index (χ1n) is 10.1. The summed E-state index contributed by atoms with van der Waals surface area (Å²) in [6.45, 7) is 1.90. The Kier molecular flexibility index (Phi) is 9.37. The number of amides is 2. The number of rotatable bonds is 12. The molecule has 3 N–H and O–H groups in total. The Balaban J connectivity index is 1.72. The van der Waals surface area contributed by atoms with Crippen molar-refractivity contribution in [2.24, 2.45) is 11.8 Å². The van der Waals surface area contributed by atoms with Crippen LogP contribution in [-0.2, 0) is 19.1 Å². The molecule has 0 aromatic rings. The number of ether oxygens (including phenoxy) is 1. The van der Waals surface area contributed by atoms with Gasteiger partial charge in [-0.1, -0.05) is 18.2 Å². The van der Waals surface area contributed by atoms with Gasteiger partial charge >= 0.3 is 0 Å². The molecule has 7 nitrogen and oxygen atoms in total. The van der Waals surface area contributed by atoms with E-state index in [4.69, 9.17) is 9.84 Å². The number of ketones is 1. The molecule has 0 aromatic carbocycles. The van der Waals surface area contributed by atoms with Gasteiger partial charge in [0.25, 0.3) is 0 Å². The Morgan fingerprint density at radius 1 is 1.11 bits per heavy atom. The number of unbranched alkanes of at least 4 members (excludes halogenated alkanes) is 1. The van der Waals surface area contributed by atoms with E-state index in [1.54, 1.807) is 13.0 Å². The number of carbonyl (C=O) groups excluding carboxylic acids is 3. The van der Waals surface area contributed by atoms with Gasteiger partial charge in [0.15, 0.2) is 5.78 Å². The molecule has 0 aromatic heterocycles. The number of aliphatic hydroxyl groups excluding tert-OH is 1. The maximum Gasteiger partial charge on any atom is 0.244 e. The van der Waals surface area contributed by atoms with E-state index in [1.807, 2.05) is 0 Å². The highest BCUT2D eigenvalue weighted by atomic mass is 16.5. The number of nitrogens with one attached hydrogen (secondary N) is 2. The van der Waals surface area contributed by atoms with Crippen molar-refractivity contribution in [1.29, 1.82) is 0 Å². The van der Waals surface area contributed by atoms with E-state index in [0.717, 1.165) is 32.1 Å². The molecule has 28 heavy (non-hydrogen) atoms. The van der Waals surface area contributed by atoms with E-state index in [0.29, 0.717) is 18.9 Å². The highest BCUT2D eigenvalue weighted by Gasteiger charge is 2.47. The minimum atomic E-state index is -0.376. The number of hydrogen-bond acceptors (Lipinski definition) is 5. The third-order valence-electron chi connectivity index (χ3n) is 5.44. The summed E-state index contributed by atoms with van der Waals surface area (Å²) in [5, 5.41) is 14.2. The molecule has 2 heterocycles.